The van der Waals surface area contributed by atoms with Gasteiger partial charge < -0.3 is 19.5 Å². The Hall–Kier alpha value is -3.19. The molecule has 2 N–H and O–H groups in total. The molecule has 3 aromatic rings. The molecule has 2 aliphatic heterocycles. The first-order chi connectivity index (χ1) is 14.3. The van der Waals surface area contributed by atoms with Gasteiger partial charge in [-0.2, -0.15) is 0 Å². The van der Waals surface area contributed by atoms with Crippen molar-refractivity contribution in [2.45, 2.75) is 51.9 Å². The average molecular weight is 406 g/mol. The van der Waals surface area contributed by atoms with E-state index in [1.165, 1.54) is 0 Å². The van der Waals surface area contributed by atoms with Crippen molar-refractivity contribution in [3.8, 4) is 17.1 Å². The van der Waals surface area contributed by atoms with E-state index in [2.05, 4.69) is 0 Å². The zero-order valence-corrected chi connectivity index (χ0v) is 17.0. The van der Waals surface area contributed by atoms with Crippen LogP contribution in [0.5, 0.6) is 5.75 Å². The molecule has 0 bridgehead atoms. The van der Waals surface area contributed by atoms with Gasteiger partial charge in [0.2, 0.25) is 0 Å². The van der Waals surface area contributed by atoms with Gasteiger partial charge in [-0.05, 0) is 55.7 Å². The quantitative estimate of drug-likeness (QED) is 0.497. The number of ether oxygens (including phenoxy) is 1. The fourth-order valence-electron chi connectivity index (χ4n) is 4.74. The second-order valence-electron chi connectivity index (χ2n) is 8.30. The third-order valence-electron chi connectivity index (χ3n) is 6.59. The molecule has 0 fully saturated rings. The van der Waals surface area contributed by atoms with Gasteiger partial charge in [0.25, 0.3) is 5.56 Å². The first-order valence-electron chi connectivity index (χ1n) is 10.0. The Kier molecular flexibility index (Phi) is 3.86. The second-order valence-corrected chi connectivity index (χ2v) is 8.30. The molecule has 0 saturated heterocycles. The van der Waals surface area contributed by atoms with Crippen LogP contribution in [0, 0.1) is 0 Å². The van der Waals surface area contributed by atoms with Gasteiger partial charge in [-0.25, -0.2) is 4.98 Å². The Morgan fingerprint density at radius 2 is 2.03 bits per heavy atom. The maximum absolute atomic E-state index is 13.4. The highest BCUT2D eigenvalue weighted by Gasteiger charge is 2.43. The molecule has 0 unspecified atom stereocenters. The summed E-state index contributed by atoms with van der Waals surface area (Å²) in [6.07, 6.45) is -0.297. The van der Waals surface area contributed by atoms with Crippen LogP contribution in [-0.4, -0.2) is 25.7 Å². The SMILES string of the molecule is CC[C@@]1(C)C(=O)OCc2c1cc1n(c2=O)Cc2c-1nc1ccc(O)cc1c2[C@H](C)O. The lowest BCUT2D eigenvalue weighted by Gasteiger charge is -2.33. The monoisotopic (exact) mass is 406 g/mol. The van der Waals surface area contributed by atoms with E-state index in [4.69, 9.17) is 9.72 Å². The number of aromatic hydroxyl groups is 1. The van der Waals surface area contributed by atoms with Gasteiger partial charge in [-0.1, -0.05) is 6.92 Å². The number of benzene rings is 1. The Balaban J connectivity index is 1.85. The summed E-state index contributed by atoms with van der Waals surface area (Å²) in [6, 6.07) is 6.72. The van der Waals surface area contributed by atoms with Gasteiger partial charge >= 0.3 is 5.97 Å². The van der Waals surface area contributed by atoms with Crippen LogP contribution in [0.25, 0.3) is 22.3 Å². The Labute approximate surface area is 172 Å². The molecule has 1 aromatic carbocycles. The molecule has 0 spiro atoms. The van der Waals surface area contributed by atoms with Crippen LogP contribution in [0.2, 0.25) is 0 Å². The van der Waals surface area contributed by atoms with Gasteiger partial charge in [-0.3, -0.25) is 9.59 Å². The number of hydrogen-bond donors (Lipinski definition) is 2. The molecule has 2 aromatic heterocycles. The minimum Gasteiger partial charge on any atom is -0.508 e. The molecule has 4 heterocycles. The van der Waals surface area contributed by atoms with Crippen LogP contribution in [0.4, 0.5) is 0 Å². The largest absolute Gasteiger partial charge is 0.508 e. The van der Waals surface area contributed by atoms with Crippen molar-refractivity contribution in [3.05, 3.63) is 56.9 Å². The Bertz CT molecular complexity index is 1310. The number of esters is 1. The van der Waals surface area contributed by atoms with Gasteiger partial charge in [0.05, 0.1) is 40.5 Å². The number of hydrogen-bond acceptors (Lipinski definition) is 6. The van der Waals surface area contributed by atoms with E-state index < -0.39 is 11.5 Å². The number of aromatic nitrogens is 2. The third-order valence-corrected chi connectivity index (χ3v) is 6.59. The average Bonchev–Trinajstić information content (AvgIpc) is 3.07. The van der Waals surface area contributed by atoms with Gasteiger partial charge in [0.15, 0.2) is 0 Å². The maximum atomic E-state index is 13.4. The molecular formula is C23H22N2O5. The van der Waals surface area contributed by atoms with E-state index >= 15 is 0 Å². The van der Waals surface area contributed by atoms with E-state index in [0.717, 1.165) is 5.56 Å². The van der Waals surface area contributed by atoms with Crippen LogP contribution in [0.15, 0.2) is 29.1 Å². The number of pyridine rings is 2. The number of nitrogens with zero attached hydrogens (tertiary/aromatic N) is 2. The fraction of sp³-hybridized carbons (Fsp3) is 0.348. The molecule has 7 heteroatoms. The first kappa shape index (κ1) is 18.8. The predicted octanol–water partition coefficient (Wildman–Crippen LogP) is 2.91. The van der Waals surface area contributed by atoms with Crippen molar-refractivity contribution >= 4 is 16.9 Å². The van der Waals surface area contributed by atoms with Crippen molar-refractivity contribution in [1.29, 1.82) is 0 Å². The summed E-state index contributed by atoms with van der Waals surface area (Å²) in [5, 5.41) is 21.1. The van der Waals surface area contributed by atoms with Crippen molar-refractivity contribution < 1.29 is 19.7 Å². The molecule has 0 radical (unpaired) electrons. The van der Waals surface area contributed by atoms with Crippen molar-refractivity contribution in [2.75, 3.05) is 0 Å². The number of aliphatic hydroxyl groups excluding tert-OH is 1. The lowest BCUT2D eigenvalue weighted by molar-refractivity contribution is -0.153. The third kappa shape index (κ3) is 2.32. The summed E-state index contributed by atoms with van der Waals surface area (Å²) in [7, 11) is 0. The minimum atomic E-state index is -0.888. The second kappa shape index (κ2) is 6.15. The van der Waals surface area contributed by atoms with Gasteiger partial charge in [0.1, 0.15) is 12.4 Å². The molecule has 2 atom stereocenters. The highest BCUT2D eigenvalue weighted by Crippen LogP contribution is 2.42. The number of cyclic esters (lactones) is 1. The molecule has 30 heavy (non-hydrogen) atoms. The summed E-state index contributed by atoms with van der Waals surface area (Å²) >= 11 is 0. The van der Waals surface area contributed by atoms with E-state index in [0.29, 0.717) is 45.4 Å². The lowest BCUT2D eigenvalue weighted by Crippen LogP contribution is -2.42. The highest BCUT2D eigenvalue weighted by atomic mass is 16.5. The minimum absolute atomic E-state index is 0.0360. The summed E-state index contributed by atoms with van der Waals surface area (Å²) < 4.78 is 6.97. The summed E-state index contributed by atoms with van der Waals surface area (Å²) in [5.74, 6) is -0.240. The van der Waals surface area contributed by atoms with Crippen LogP contribution < -0.4 is 5.56 Å². The Morgan fingerprint density at radius 3 is 2.73 bits per heavy atom. The molecular weight excluding hydrogens is 384 g/mol. The number of carbonyl (C=O) groups excluding carboxylic acids is 1. The molecule has 0 amide bonds. The molecule has 7 nitrogen and oxygen atoms in total. The van der Waals surface area contributed by atoms with E-state index in [1.54, 1.807) is 36.6 Å². The number of rotatable bonds is 2. The predicted molar refractivity (Wildman–Crippen MR) is 110 cm³/mol. The number of carbonyl (C=O) groups is 1. The lowest BCUT2D eigenvalue weighted by atomic mass is 9.76. The van der Waals surface area contributed by atoms with Crippen molar-refractivity contribution in [1.82, 2.24) is 9.55 Å². The topological polar surface area (TPSA) is 102 Å². The van der Waals surface area contributed by atoms with Crippen LogP contribution in [0.3, 0.4) is 0 Å². The standard InChI is InChI=1S/C23H22N2O5/c1-4-23(3)16-8-18-20-14(9-25(18)21(28)15(16)10-30-22(23)29)19(11(2)26)13-7-12(27)5-6-17(13)24-20/h5-8,11,26-27H,4,9-10H2,1-3H3/t11-,23+/m0/s1. The number of phenols is 1. The zero-order valence-electron chi connectivity index (χ0n) is 17.0. The summed E-state index contributed by atoms with van der Waals surface area (Å²) in [5.41, 5.74) is 3.40. The molecule has 154 valence electrons. The van der Waals surface area contributed by atoms with E-state index in [1.807, 2.05) is 13.0 Å². The van der Waals surface area contributed by atoms with Crippen LogP contribution in [0.1, 0.15) is 55.5 Å². The fourth-order valence-corrected chi connectivity index (χ4v) is 4.74. The summed E-state index contributed by atoms with van der Waals surface area (Å²) in [6.45, 7) is 5.60. The van der Waals surface area contributed by atoms with Crippen LogP contribution in [-0.2, 0) is 28.1 Å². The first-order valence-corrected chi connectivity index (χ1v) is 10.0. The summed E-state index contributed by atoms with van der Waals surface area (Å²) in [4.78, 5) is 30.6. The maximum Gasteiger partial charge on any atom is 0.316 e. The molecule has 0 saturated carbocycles. The number of aliphatic hydroxyl groups is 1. The molecule has 0 aliphatic carbocycles. The van der Waals surface area contributed by atoms with Gasteiger partial charge in [-0.15, -0.1) is 0 Å². The zero-order chi connectivity index (χ0) is 21.4. The van der Waals surface area contributed by atoms with Crippen molar-refractivity contribution in [2.24, 2.45) is 0 Å². The molecule has 2 aliphatic rings. The van der Waals surface area contributed by atoms with E-state index in [9.17, 15) is 19.8 Å². The van der Waals surface area contributed by atoms with E-state index in [-0.39, 0.29) is 30.4 Å². The number of fused-ring (bicyclic) bond motifs is 5. The number of phenolic OH excluding ortho intramolecular Hbond substituents is 1. The normalized spacial score (nSPS) is 20.5. The van der Waals surface area contributed by atoms with Crippen molar-refractivity contribution in [3.63, 3.8) is 0 Å². The van der Waals surface area contributed by atoms with Crippen LogP contribution >= 0.6 is 0 Å². The smallest absolute Gasteiger partial charge is 0.316 e. The Morgan fingerprint density at radius 1 is 1.27 bits per heavy atom. The highest BCUT2D eigenvalue weighted by molar-refractivity contribution is 5.90. The van der Waals surface area contributed by atoms with Gasteiger partial charge in [0, 0.05) is 10.9 Å². The molecule has 5 rings (SSSR count).